The first-order chi connectivity index (χ1) is 9.47. The zero-order valence-corrected chi connectivity index (χ0v) is 11.9. The molecule has 0 aliphatic carbocycles. The van der Waals surface area contributed by atoms with Gasteiger partial charge in [-0.3, -0.25) is 0 Å². The SMILES string of the molecule is CCCC(NC(=O)Nc1cc(C)ccc1OC)C(=O)O. The quantitative estimate of drug-likeness (QED) is 0.746. The Kier molecular flexibility index (Phi) is 5.83. The Labute approximate surface area is 118 Å². The van der Waals surface area contributed by atoms with Gasteiger partial charge in [-0.2, -0.15) is 0 Å². The summed E-state index contributed by atoms with van der Waals surface area (Å²) in [7, 11) is 1.50. The predicted molar refractivity (Wildman–Crippen MR) is 76.2 cm³/mol. The molecule has 1 unspecified atom stereocenters. The van der Waals surface area contributed by atoms with E-state index in [1.807, 2.05) is 19.9 Å². The maximum atomic E-state index is 11.8. The summed E-state index contributed by atoms with van der Waals surface area (Å²) < 4.78 is 5.14. The van der Waals surface area contributed by atoms with Crippen molar-refractivity contribution in [2.75, 3.05) is 12.4 Å². The van der Waals surface area contributed by atoms with Gasteiger partial charge in [0, 0.05) is 0 Å². The van der Waals surface area contributed by atoms with E-state index in [0.29, 0.717) is 24.3 Å². The molecule has 0 spiro atoms. The minimum Gasteiger partial charge on any atom is -0.495 e. The number of anilines is 1. The van der Waals surface area contributed by atoms with Gasteiger partial charge in [-0.1, -0.05) is 19.4 Å². The lowest BCUT2D eigenvalue weighted by Crippen LogP contribution is -2.42. The van der Waals surface area contributed by atoms with Crippen LogP contribution in [0.4, 0.5) is 10.5 Å². The molecule has 0 radical (unpaired) electrons. The van der Waals surface area contributed by atoms with Crippen LogP contribution in [0.3, 0.4) is 0 Å². The Morgan fingerprint density at radius 1 is 1.40 bits per heavy atom. The fourth-order valence-electron chi connectivity index (χ4n) is 1.78. The Balaban J connectivity index is 2.75. The van der Waals surface area contributed by atoms with Crippen LogP contribution in [0.15, 0.2) is 18.2 Å². The Hall–Kier alpha value is -2.24. The maximum absolute atomic E-state index is 11.8. The van der Waals surface area contributed by atoms with Gasteiger partial charge in [0.2, 0.25) is 0 Å². The molecule has 6 nitrogen and oxygen atoms in total. The van der Waals surface area contributed by atoms with Crippen LogP contribution >= 0.6 is 0 Å². The summed E-state index contributed by atoms with van der Waals surface area (Å²) in [5.74, 6) is -0.522. The summed E-state index contributed by atoms with van der Waals surface area (Å²) >= 11 is 0. The van der Waals surface area contributed by atoms with Crippen LogP contribution in [-0.4, -0.2) is 30.3 Å². The number of ether oxygens (including phenoxy) is 1. The molecule has 1 aromatic carbocycles. The topological polar surface area (TPSA) is 87.7 Å². The third-order valence-electron chi connectivity index (χ3n) is 2.78. The van der Waals surface area contributed by atoms with Crippen molar-refractivity contribution in [3.05, 3.63) is 23.8 Å². The molecule has 0 aliphatic rings. The summed E-state index contributed by atoms with van der Waals surface area (Å²) in [6, 6.07) is 3.91. The van der Waals surface area contributed by atoms with Crippen LogP contribution in [-0.2, 0) is 4.79 Å². The summed E-state index contributed by atoms with van der Waals surface area (Å²) in [6.45, 7) is 3.75. The summed E-state index contributed by atoms with van der Waals surface area (Å²) in [4.78, 5) is 22.8. The lowest BCUT2D eigenvalue weighted by atomic mass is 10.2. The van der Waals surface area contributed by atoms with Crippen molar-refractivity contribution in [2.24, 2.45) is 0 Å². The summed E-state index contributed by atoms with van der Waals surface area (Å²) in [5, 5.41) is 14.0. The second-order valence-corrected chi connectivity index (χ2v) is 4.48. The molecule has 0 heterocycles. The molecular formula is C14H20N2O4. The predicted octanol–water partition coefficient (Wildman–Crippen LogP) is 2.38. The van der Waals surface area contributed by atoms with Gasteiger partial charge in [0.1, 0.15) is 11.8 Å². The number of hydrogen-bond acceptors (Lipinski definition) is 3. The fourth-order valence-corrected chi connectivity index (χ4v) is 1.78. The van der Waals surface area contributed by atoms with Crippen molar-refractivity contribution in [1.82, 2.24) is 5.32 Å². The van der Waals surface area contributed by atoms with E-state index in [4.69, 9.17) is 9.84 Å². The van der Waals surface area contributed by atoms with Crippen LogP contribution in [0.2, 0.25) is 0 Å². The second kappa shape index (κ2) is 7.37. The highest BCUT2D eigenvalue weighted by atomic mass is 16.5. The first kappa shape index (κ1) is 15.8. The molecule has 6 heteroatoms. The van der Waals surface area contributed by atoms with Crippen LogP contribution < -0.4 is 15.4 Å². The third kappa shape index (κ3) is 4.46. The number of carbonyl (C=O) groups excluding carboxylic acids is 1. The first-order valence-corrected chi connectivity index (χ1v) is 6.42. The van der Waals surface area contributed by atoms with Gasteiger partial charge in [0.25, 0.3) is 0 Å². The molecule has 0 saturated heterocycles. The number of carbonyl (C=O) groups is 2. The summed E-state index contributed by atoms with van der Waals surface area (Å²) in [6.07, 6.45) is 1.05. The van der Waals surface area contributed by atoms with E-state index in [1.165, 1.54) is 7.11 Å². The lowest BCUT2D eigenvalue weighted by Gasteiger charge is -2.16. The van der Waals surface area contributed by atoms with Crippen molar-refractivity contribution in [3.63, 3.8) is 0 Å². The minimum absolute atomic E-state index is 0.383. The highest BCUT2D eigenvalue weighted by molar-refractivity contribution is 5.93. The van der Waals surface area contributed by atoms with Crippen molar-refractivity contribution in [1.29, 1.82) is 0 Å². The molecule has 0 saturated carbocycles. The zero-order valence-electron chi connectivity index (χ0n) is 11.9. The normalized spacial score (nSPS) is 11.6. The van der Waals surface area contributed by atoms with E-state index >= 15 is 0 Å². The second-order valence-electron chi connectivity index (χ2n) is 4.48. The largest absolute Gasteiger partial charge is 0.495 e. The highest BCUT2D eigenvalue weighted by Crippen LogP contribution is 2.24. The van der Waals surface area contributed by atoms with Crippen LogP contribution in [0, 0.1) is 6.92 Å². The number of benzene rings is 1. The van der Waals surface area contributed by atoms with Gasteiger partial charge in [-0.05, 0) is 31.0 Å². The standard InChI is InChI=1S/C14H20N2O4/c1-4-5-10(13(17)18)15-14(19)16-11-8-9(2)6-7-12(11)20-3/h6-8,10H,4-5H2,1-3H3,(H,17,18)(H2,15,16,19). The number of carboxylic acid groups (broad SMARTS) is 1. The monoisotopic (exact) mass is 280 g/mol. The molecule has 1 rings (SSSR count). The molecule has 0 bridgehead atoms. The van der Waals surface area contributed by atoms with E-state index in [9.17, 15) is 9.59 Å². The number of hydrogen-bond donors (Lipinski definition) is 3. The van der Waals surface area contributed by atoms with Crippen molar-refractivity contribution < 1.29 is 19.4 Å². The molecule has 1 atom stereocenters. The molecule has 110 valence electrons. The molecule has 2 amide bonds. The molecule has 0 fully saturated rings. The smallest absolute Gasteiger partial charge is 0.326 e. The number of amides is 2. The third-order valence-corrected chi connectivity index (χ3v) is 2.78. The fraction of sp³-hybridized carbons (Fsp3) is 0.429. The maximum Gasteiger partial charge on any atom is 0.326 e. The van der Waals surface area contributed by atoms with Gasteiger partial charge < -0.3 is 20.5 Å². The van der Waals surface area contributed by atoms with Crippen LogP contribution in [0.25, 0.3) is 0 Å². The zero-order chi connectivity index (χ0) is 15.1. The first-order valence-electron chi connectivity index (χ1n) is 6.42. The van der Waals surface area contributed by atoms with E-state index < -0.39 is 18.0 Å². The lowest BCUT2D eigenvalue weighted by molar-refractivity contribution is -0.139. The molecule has 3 N–H and O–H groups in total. The number of aryl methyl sites for hydroxylation is 1. The molecule has 0 aromatic heterocycles. The molecule has 0 aliphatic heterocycles. The van der Waals surface area contributed by atoms with Crippen LogP contribution in [0.5, 0.6) is 5.75 Å². The van der Waals surface area contributed by atoms with Crippen molar-refractivity contribution in [2.45, 2.75) is 32.7 Å². The highest BCUT2D eigenvalue weighted by Gasteiger charge is 2.19. The molecule has 20 heavy (non-hydrogen) atoms. The van der Waals surface area contributed by atoms with Gasteiger partial charge in [0.05, 0.1) is 12.8 Å². The Morgan fingerprint density at radius 3 is 2.65 bits per heavy atom. The number of aliphatic carboxylic acids is 1. The molecular weight excluding hydrogens is 260 g/mol. The average Bonchev–Trinajstić information content (AvgIpc) is 2.38. The Bertz CT molecular complexity index is 488. The number of urea groups is 1. The van der Waals surface area contributed by atoms with Gasteiger partial charge in [0.15, 0.2) is 0 Å². The van der Waals surface area contributed by atoms with Gasteiger partial charge >= 0.3 is 12.0 Å². The van der Waals surface area contributed by atoms with Gasteiger partial charge in [-0.15, -0.1) is 0 Å². The van der Waals surface area contributed by atoms with E-state index in [2.05, 4.69) is 10.6 Å². The van der Waals surface area contributed by atoms with Crippen LogP contribution in [0.1, 0.15) is 25.3 Å². The van der Waals surface area contributed by atoms with Gasteiger partial charge in [-0.25, -0.2) is 9.59 Å². The molecule has 1 aromatic rings. The number of rotatable bonds is 6. The van der Waals surface area contributed by atoms with E-state index in [1.54, 1.807) is 12.1 Å². The number of nitrogens with one attached hydrogen (secondary N) is 2. The van der Waals surface area contributed by atoms with E-state index in [-0.39, 0.29) is 0 Å². The van der Waals surface area contributed by atoms with E-state index in [0.717, 1.165) is 5.56 Å². The number of methoxy groups -OCH3 is 1. The summed E-state index contributed by atoms with van der Waals surface area (Å²) in [5.41, 5.74) is 1.47. The van der Waals surface area contributed by atoms with Crippen molar-refractivity contribution >= 4 is 17.7 Å². The van der Waals surface area contributed by atoms with Crippen molar-refractivity contribution in [3.8, 4) is 5.75 Å². The number of carboxylic acids is 1. The average molecular weight is 280 g/mol. The Morgan fingerprint density at radius 2 is 2.10 bits per heavy atom. The minimum atomic E-state index is -1.04.